The van der Waals surface area contributed by atoms with Crippen molar-refractivity contribution < 1.29 is 15.0 Å². The second kappa shape index (κ2) is 4.00. The van der Waals surface area contributed by atoms with E-state index in [2.05, 4.69) is 5.32 Å². The molecule has 1 aromatic carbocycles. The average Bonchev–Trinajstić information content (AvgIpc) is 2.08. The molecule has 14 heavy (non-hydrogen) atoms. The van der Waals surface area contributed by atoms with Gasteiger partial charge in [-0.15, -0.1) is 0 Å². The van der Waals surface area contributed by atoms with E-state index in [0.29, 0.717) is 0 Å². The van der Waals surface area contributed by atoms with Gasteiger partial charge in [0.1, 0.15) is 0 Å². The largest absolute Gasteiger partial charge is 0.504 e. The topological polar surface area (TPSA) is 69.6 Å². The Bertz CT molecular complexity index is 349. The van der Waals surface area contributed by atoms with E-state index in [1.165, 1.54) is 19.1 Å². The summed E-state index contributed by atoms with van der Waals surface area (Å²) >= 11 is 0. The smallest absolute Gasteiger partial charge is 0.217 e. The molecular weight excluding hydrogens is 182 g/mol. The summed E-state index contributed by atoms with van der Waals surface area (Å²) in [4.78, 5) is 10.8. The molecule has 3 N–H and O–H groups in total. The Labute approximate surface area is 82.2 Å². The molecule has 4 nitrogen and oxygen atoms in total. The highest BCUT2D eigenvalue weighted by Crippen LogP contribution is 2.27. The van der Waals surface area contributed by atoms with Gasteiger partial charge in [-0.2, -0.15) is 0 Å². The number of benzene rings is 1. The third-order valence-electron chi connectivity index (χ3n) is 1.92. The van der Waals surface area contributed by atoms with Crippen molar-refractivity contribution in [2.24, 2.45) is 0 Å². The van der Waals surface area contributed by atoms with Crippen molar-refractivity contribution in [3.8, 4) is 11.5 Å². The molecule has 0 aromatic heterocycles. The Balaban J connectivity index is 2.85. The van der Waals surface area contributed by atoms with Crippen molar-refractivity contribution in [1.29, 1.82) is 0 Å². The van der Waals surface area contributed by atoms with Crippen LogP contribution in [-0.4, -0.2) is 16.1 Å². The first-order chi connectivity index (χ1) is 6.50. The Morgan fingerprint density at radius 1 is 1.36 bits per heavy atom. The van der Waals surface area contributed by atoms with Crippen LogP contribution in [0.2, 0.25) is 0 Å². The number of aromatic hydroxyl groups is 2. The van der Waals surface area contributed by atoms with Gasteiger partial charge < -0.3 is 15.5 Å². The minimum Gasteiger partial charge on any atom is -0.504 e. The van der Waals surface area contributed by atoms with E-state index in [0.717, 1.165) is 5.56 Å². The van der Waals surface area contributed by atoms with Gasteiger partial charge >= 0.3 is 0 Å². The molecule has 0 bridgehead atoms. The summed E-state index contributed by atoms with van der Waals surface area (Å²) in [6, 6.07) is 4.29. The Hall–Kier alpha value is -1.71. The third kappa shape index (κ3) is 2.39. The fraction of sp³-hybridized carbons (Fsp3) is 0.300. The lowest BCUT2D eigenvalue weighted by atomic mass is 10.1. The third-order valence-corrected chi connectivity index (χ3v) is 1.92. The maximum Gasteiger partial charge on any atom is 0.217 e. The predicted octanol–water partition coefficient (Wildman–Crippen LogP) is 1.29. The molecule has 0 spiro atoms. The fourth-order valence-electron chi connectivity index (χ4n) is 1.20. The number of phenolic OH excluding ortho intramolecular Hbond substituents is 2. The number of carbonyl (C=O) groups is 1. The number of carbonyl (C=O) groups excluding carboxylic acids is 1. The molecule has 0 aliphatic carbocycles. The molecule has 0 aliphatic heterocycles. The molecule has 0 saturated heterocycles. The molecule has 0 saturated carbocycles. The van der Waals surface area contributed by atoms with Crippen LogP contribution in [-0.2, 0) is 4.79 Å². The van der Waals surface area contributed by atoms with Crippen molar-refractivity contribution >= 4 is 5.91 Å². The van der Waals surface area contributed by atoms with E-state index in [1.807, 2.05) is 0 Å². The SMILES string of the molecule is CC(=O)NC(C)c1ccc(O)c(O)c1. The van der Waals surface area contributed by atoms with Gasteiger partial charge in [-0.3, -0.25) is 4.79 Å². The van der Waals surface area contributed by atoms with E-state index >= 15 is 0 Å². The molecule has 0 radical (unpaired) electrons. The minimum atomic E-state index is -0.181. The average molecular weight is 195 g/mol. The van der Waals surface area contributed by atoms with Crippen LogP contribution >= 0.6 is 0 Å². The maximum absolute atomic E-state index is 10.8. The summed E-state index contributed by atoms with van der Waals surface area (Å²) in [5, 5.41) is 21.0. The fourth-order valence-corrected chi connectivity index (χ4v) is 1.20. The molecule has 0 aliphatic rings. The lowest BCUT2D eigenvalue weighted by Gasteiger charge is -2.13. The van der Waals surface area contributed by atoms with Gasteiger partial charge in [0, 0.05) is 6.92 Å². The number of hydrogen-bond acceptors (Lipinski definition) is 3. The van der Waals surface area contributed by atoms with Crippen molar-refractivity contribution in [3.05, 3.63) is 23.8 Å². The molecule has 0 fully saturated rings. The zero-order valence-corrected chi connectivity index (χ0v) is 8.11. The number of nitrogens with one attached hydrogen (secondary N) is 1. The first-order valence-electron chi connectivity index (χ1n) is 4.29. The molecule has 0 heterocycles. The molecule has 1 aromatic rings. The summed E-state index contributed by atoms with van der Waals surface area (Å²) in [6.45, 7) is 3.23. The molecule has 1 unspecified atom stereocenters. The van der Waals surface area contributed by atoms with Gasteiger partial charge in [-0.1, -0.05) is 6.07 Å². The lowest BCUT2D eigenvalue weighted by molar-refractivity contribution is -0.119. The van der Waals surface area contributed by atoms with Crippen molar-refractivity contribution in [3.63, 3.8) is 0 Å². The normalized spacial score (nSPS) is 12.1. The molecule has 1 amide bonds. The summed E-state index contributed by atoms with van der Waals surface area (Å²) in [5.41, 5.74) is 0.746. The Morgan fingerprint density at radius 2 is 2.00 bits per heavy atom. The van der Waals surface area contributed by atoms with Crippen LogP contribution in [0.1, 0.15) is 25.5 Å². The van der Waals surface area contributed by atoms with Gasteiger partial charge in [0.05, 0.1) is 6.04 Å². The second-order valence-corrected chi connectivity index (χ2v) is 3.17. The zero-order chi connectivity index (χ0) is 10.7. The van der Waals surface area contributed by atoms with E-state index in [-0.39, 0.29) is 23.4 Å². The Morgan fingerprint density at radius 3 is 2.50 bits per heavy atom. The molecule has 1 rings (SSSR count). The van der Waals surface area contributed by atoms with Crippen LogP contribution < -0.4 is 5.32 Å². The Kier molecular flexibility index (Phi) is 2.96. The van der Waals surface area contributed by atoms with Gasteiger partial charge in [-0.05, 0) is 24.6 Å². The van der Waals surface area contributed by atoms with E-state index in [1.54, 1.807) is 13.0 Å². The second-order valence-electron chi connectivity index (χ2n) is 3.17. The first-order valence-corrected chi connectivity index (χ1v) is 4.29. The first kappa shape index (κ1) is 10.4. The summed E-state index contributed by atoms with van der Waals surface area (Å²) in [5.74, 6) is -0.478. The standard InChI is InChI=1S/C10H13NO3/c1-6(11-7(2)12)8-3-4-9(13)10(14)5-8/h3-6,13-14H,1-2H3,(H,11,12). The van der Waals surface area contributed by atoms with Crippen molar-refractivity contribution in [2.75, 3.05) is 0 Å². The number of amides is 1. The number of hydrogen-bond donors (Lipinski definition) is 3. The van der Waals surface area contributed by atoms with Gasteiger partial charge in [-0.25, -0.2) is 0 Å². The summed E-state index contributed by atoms with van der Waals surface area (Å²) < 4.78 is 0. The van der Waals surface area contributed by atoms with Crippen molar-refractivity contribution in [1.82, 2.24) is 5.32 Å². The van der Waals surface area contributed by atoms with E-state index in [9.17, 15) is 9.90 Å². The monoisotopic (exact) mass is 195 g/mol. The van der Waals surface area contributed by atoms with Crippen LogP contribution in [0.3, 0.4) is 0 Å². The highest BCUT2D eigenvalue weighted by molar-refractivity contribution is 5.73. The molecule has 76 valence electrons. The van der Waals surface area contributed by atoms with E-state index in [4.69, 9.17) is 5.11 Å². The van der Waals surface area contributed by atoms with Crippen LogP contribution in [0.25, 0.3) is 0 Å². The quantitative estimate of drug-likeness (QED) is 0.623. The zero-order valence-electron chi connectivity index (χ0n) is 8.11. The van der Waals surface area contributed by atoms with Crippen LogP contribution in [0, 0.1) is 0 Å². The van der Waals surface area contributed by atoms with E-state index < -0.39 is 0 Å². The highest BCUT2D eigenvalue weighted by Gasteiger charge is 2.08. The van der Waals surface area contributed by atoms with Gasteiger partial charge in [0.25, 0.3) is 0 Å². The van der Waals surface area contributed by atoms with Crippen LogP contribution in [0.5, 0.6) is 11.5 Å². The lowest BCUT2D eigenvalue weighted by Crippen LogP contribution is -2.23. The predicted molar refractivity (Wildman–Crippen MR) is 52.0 cm³/mol. The summed E-state index contributed by atoms with van der Waals surface area (Å²) in [6.07, 6.45) is 0. The molecule has 1 atom stereocenters. The van der Waals surface area contributed by atoms with Crippen LogP contribution in [0.4, 0.5) is 0 Å². The van der Waals surface area contributed by atoms with Crippen LogP contribution in [0.15, 0.2) is 18.2 Å². The molecule has 4 heteroatoms. The minimum absolute atomic E-state index is 0.134. The highest BCUT2D eigenvalue weighted by atomic mass is 16.3. The van der Waals surface area contributed by atoms with Crippen molar-refractivity contribution in [2.45, 2.75) is 19.9 Å². The van der Waals surface area contributed by atoms with Gasteiger partial charge in [0.2, 0.25) is 5.91 Å². The maximum atomic E-state index is 10.8. The summed E-state index contributed by atoms with van der Waals surface area (Å²) in [7, 11) is 0. The number of phenols is 2. The molecular formula is C10H13NO3. The van der Waals surface area contributed by atoms with Gasteiger partial charge in [0.15, 0.2) is 11.5 Å². The number of rotatable bonds is 2.